The van der Waals surface area contributed by atoms with Crippen LogP contribution in [0.15, 0.2) is 18.2 Å². The summed E-state index contributed by atoms with van der Waals surface area (Å²) in [7, 11) is 0. The summed E-state index contributed by atoms with van der Waals surface area (Å²) in [5.41, 5.74) is 2.07. The summed E-state index contributed by atoms with van der Waals surface area (Å²) in [6, 6.07) is 5.91. The molecule has 0 bridgehead atoms. The van der Waals surface area contributed by atoms with Gasteiger partial charge < -0.3 is 14.7 Å². The van der Waals surface area contributed by atoms with Gasteiger partial charge in [0, 0.05) is 13.1 Å². The Kier molecular flexibility index (Phi) is 4.43. The lowest BCUT2D eigenvalue weighted by molar-refractivity contribution is -0.136. The van der Waals surface area contributed by atoms with Crippen LogP contribution in [0, 0.1) is 13.8 Å². The van der Waals surface area contributed by atoms with Gasteiger partial charge in [0.2, 0.25) is 0 Å². The molecule has 1 N–H and O–H groups in total. The number of hydrogen-bond acceptors (Lipinski definition) is 3. The summed E-state index contributed by atoms with van der Waals surface area (Å²) in [5, 5.41) is 9.57. The van der Waals surface area contributed by atoms with E-state index >= 15 is 0 Å². The fraction of sp³-hybridized carbons (Fsp3) is 0.533. The molecule has 1 atom stereocenters. The van der Waals surface area contributed by atoms with Gasteiger partial charge in [-0.25, -0.2) is 0 Å². The minimum absolute atomic E-state index is 0.0401. The Morgan fingerprint density at radius 3 is 2.74 bits per heavy atom. The monoisotopic (exact) mass is 263 g/mol. The minimum atomic E-state index is -0.391. The van der Waals surface area contributed by atoms with E-state index < -0.39 is 6.10 Å². The van der Waals surface area contributed by atoms with Crippen LogP contribution in [0.4, 0.5) is 0 Å². The van der Waals surface area contributed by atoms with Crippen LogP contribution >= 0.6 is 0 Å². The second kappa shape index (κ2) is 6.06. The Morgan fingerprint density at radius 1 is 1.42 bits per heavy atom. The number of carbonyl (C=O) groups excluding carboxylic acids is 1. The number of nitrogens with zero attached hydrogens (tertiary/aromatic N) is 1. The van der Waals surface area contributed by atoms with Gasteiger partial charge >= 0.3 is 0 Å². The molecule has 1 heterocycles. The first-order valence-corrected chi connectivity index (χ1v) is 6.73. The van der Waals surface area contributed by atoms with Gasteiger partial charge in [-0.3, -0.25) is 4.79 Å². The number of carbonyl (C=O) groups is 1. The molecule has 0 saturated carbocycles. The zero-order chi connectivity index (χ0) is 13.8. The van der Waals surface area contributed by atoms with Gasteiger partial charge in [-0.2, -0.15) is 0 Å². The van der Waals surface area contributed by atoms with Crippen LogP contribution in [0.1, 0.15) is 24.0 Å². The van der Waals surface area contributed by atoms with Crippen molar-refractivity contribution < 1.29 is 14.6 Å². The molecule has 0 spiro atoms. The highest BCUT2D eigenvalue weighted by Gasteiger charge is 2.22. The highest BCUT2D eigenvalue weighted by Crippen LogP contribution is 2.22. The minimum Gasteiger partial charge on any atom is -0.483 e. The number of aliphatic hydroxyl groups is 1. The lowest BCUT2D eigenvalue weighted by atomic mass is 10.1. The fourth-order valence-corrected chi connectivity index (χ4v) is 2.43. The lowest BCUT2D eigenvalue weighted by Crippen LogP contribution is -2.44. The summed E-state index contributed by atoms with van der Waals surface area (Å²) >= 11 is 0. The molecule has 0 radical (unpaired) electrons. The molecule has 4 nitrogen and oxygen atoms in total. The van der Waals surface area contributed by atoms with Crippen LogP contribution in [0.5, 0.6) is 5.75 Å². The van der Waals surface area contributed by atoms with Crippen molar-refractivity contribution in [3.05, 3.63) is 29.3 Å². The lowest BCUT2D eigenvalue weighted by Gasteiger charge is -2.30. The Morgan fingerprint density at radius 2 is 2.11 bits per heavy atom. The Balaban J connectivity index is 1.93. The van der Waals surface area contributed by atoms with E-state index in [0.717, 1.165) is 29.7 Å². The largest absolute Gasteiger partial charge is 0.483 e. The molecule has 2 rings (SSSR count). The van der Waals surface area contributed by atoms with Gasteiger partial charge in [-0.15, -0.1) is 0 Å². The van der Waals surface area contributed by atoms with Crippen molar-refractivity contribution in [1.82, 2.24) is 4.90 Å². The number of piperidine rings is 1. The van der Waals surface area contributed by atoms with E-state index in [1.807, 2.05) is 32.0 Å². The maximum atomic E-state index is 12.0. The normalized spacial score (nSPS) is 19.3. The van der Waals surface area contributed by atoms with Crippen LogP contribution in [0.2, 0.25) is 0 Å². The summed E-state index contributed by atoms with van der Waals surface area (Å²) in [6.07, 6.45) is 1.25. The van der Waals surface area contributed by atoms with E-state index in [-0.39, 0.29) is 12.5 Å². The van der Waals surface area contributed by atoms with Crippen molar-refractivity contribution >= 4 is 5.91 Å². The molecule has 1 aliphatic heterocycles. The number of para-hydroxylation sites is 1. The van der Waals surface area contributed by atoms with Crippen molar-refractivity contribution in [3.63, 3.8) is 0 Å². The van der Waals surface area contributed by atoms with Crippen molar-refractivity contribution in [3.8, 4) is 5.75 Å². The average molecular weight is 263 g/mol. The molecule has 1 amide bonds. The van der Waals surface area contributed by atoms with Gasteiger partial charge in [0.15, 0.2) is 6.61 Å². The molecule has 0 aliphatic carbocycles. The number of rotatable bonds is 3. The first-order valence-electron chi connectivity index (χ1n) is 6.73. The third kappa shape index (κ3) is 3.47. The van der Waals surface area contributed by atoms with E-state index in [2.05, 4.69) is 0 Å². The molecular weight excluding hydrogens is 242 g/mol. The number of benzene rings is 1. The first-order chi connectivity index (χ1) is 9.08. The number of likely N-dealkylation sites (tertiary alicyclic amines) is 1. The van der Waals surface area contributed by atoms with Gasteiger partial charge in [-0.05, 0) is 37.8 Å². The predicted octanol–water partition coefficient (Wildman–Crippen LogP) is 1.67. The Hall–Kier alpha value is -1.55. The third-order valence-corrected chi connectivity index (χ3v) is 3.50. The highest BCUT2D eigenvalue weighted by molar-refractivity contribution is 5.78. The number of aryl methyl sites for hydroxylation is 2. The maximum absolute atomic E-state index is 12.0. The van der Waals surface area contributed by atoms with Crippen LogP contribution in [-0.4, -0.2) is 41.7 Å². The summed E-state index contributed by atoms with van der Waals surface area (Å²) in [6.45, 7) is 5.12. The zero-order valence-electron chi connectivity index (χ0n) is 11.6. The average Bonchev–Trinajstić information content (AvgIpc) is 2.38. The molecule has 1 aromatic rings. The quantitative estimate of drug-likeness (QED) is 0.902. The van der Waals surface area contributed by atoms with E-state index in [1.54, 1.807) is 4.90 Å². The SMILES string of the molecule is Cc1cccc(C)c1OCC(=O)N1CCCC(O)C1. The van der Waals surface area contributed by atoms with Gasteiger partial charge in [0.25, 0.3) is 5.91 Å². The van der Waals surface area contributed by atoms with Crippen molar-refractivity contribution in [2.24, 2.45) is 0 Å². The number of β-amino-alcohol motifs (C(OH)–C–C–N with tert-alkyl or cyclic N) is 1. The molecule has 1 fully saturated rings. The number of aliphatic hydroxyl groups excluding tert-OH is 1. The van der Waals surface area contributed by atoms with Crippen LogP contribution < -0.4 is 4.74 Å². The first kappa shape index (κ1) is 13.9. The summed E-state index contributed by atoms with van der Waals surface area (Å²) in [4.78, 5) is 13.7. The van der Waals surface area contributed by atoms with Crippen molar-refractivity contribution in [2.75, 3.05) is 19.7 Å². The molecule has 4 heteroatoms. The molecule has 19 heavy (non-hydrogen) atoms. The van der Waals surface area contributed by atoms with Crippen molar-refractivity contribution in [2.45, 2.75) is 32.8 Å². The molecule has 1 unspecified atom stereocenters. The highest BCUT2D eigenvalue weighted by atomic mass is 16.5. The molecule has 0 aromatic heterocycles. The zero-order valence-corrected chi connectivity index (χ0v) is 11.6. The topological polar surface area (TPSA) is 49.8 Å². The fourth-order valence-electron chi connectivity index (χ4n) is 2.43. The van der Waals surface area contributed by atoms with Crippen LogP contribution in [0.25, 0.3) is 0 Å². The molecule has 1 saturated heterocycles. The van der Waals surface area contributed by atoms with Crippen molar-refractivity contribution in [1.29, 1.82) is 0 Å². The van der Waals surface area contributed by atoms with E-state index in [1.165, 1.54) is 0 Å². The Labute approximate surface area is 114 Å². The standard InChI is InChI=1S/C15H21NO3/c1-11-5-3-6-12(2)15(11)19-10-14(18)16-8-4-7-13(17)9-16/h3,5-6,13,17H,4,7-10H2,1-2H3. The second-order valence-corrected chi connectivity index (χ2v) is 5.15. The number of amides is 1. The predicted molar refractivity (Wildman–Crippen MR) is 73.2 cm³/mol. The smallest absolute Gasteiger partial charge is 0.260 e. The molecule has 104 valence electrons. The molecule has 1 aromatic carbocycles. The summed E-state index contributed by atoms with van der Waals surface area (Å²) < 4.78 is 5.64. The Bertz CT molecular complexity index is 438. The third-order valence-electron chi connectivity index (χ3n) is 3.50. The van der Waals surface area contributed by atoms with Crippen LogP contribution in [0.3, 0.4) is 0 Å². The van der Waals surface area contributed by atoms with Gasteiger partial charge in [0.05, 0.1) is 6.10 Å². The number of hydrogen-bond donors (Lipinski definition) is 1. The maximum Gasteiger partial charge on any atom is 0.260 e. The van der Waals surface area contributed by atoms with Crippen LogP contribution in [-0.2, 0) is 4.79 Å². The second-order valence-electron chi connectivity index (χ2n) is 5.15. The van der Waals surface area contributed by atoms with E-state index in [9.17, 15) is 9.90 Å². The van der Waals surface area contributed by atoms with E-state index in [0.29, 0.717) is 13.1 Å². The summed E-state index contributed by atoms with van der Waals surface area (Å²) in [5.74, 6) is 0.731. The van der Waals surface area contributed by atoms with Gasteiger partial charge in [0.1, 0.15) is 5.75 Å². The van der Waals surface area contributed by atoms with E-state index in [4.69, 9.17) is 4.74 Å². The van der Waals surface area contributed by atoms with Gasteiger partial charge in [-0.1, -0.05) is 18.2 Å². The molecular formula is C15H21NO3. The number of ether oxygens (including phenoxy) is 1. The molecule has 1 aliphatic rings.